The second-order valence-electron chi connectivity index (χ2n) is 6.68. The van der Waals surface area contributed by atoms with Crippen molar-refractivity contribution in [2.24, 2.45) is 0 Å². The first-order chi connectivity index (χ1) is 13.1. The number of nitrogens with one attached hydrogen (secondary N) is 1. The van der Waals surface area contributed by atoms with Crippen LogP contribution in [0.3, 0.4) is 0 Å². The van der Waals surface area contributed by atoms with Gasteiger partial charge in [-0.2, -0.15) is 0 Å². The molecule has 1 aliphatic heterocycles. The van der Waals surface area contributed by atoms with Crippen molar-refractivity contribution in [3.05, 3.63) is 63.6 Å². The molecule has 0 aliphatic carbocycles. The minimum atomic E-state index is -0.0258. The lowest BCUT2D eigenvalue weighted by Gasteiger charge is -2.26. The van der Waals surface area contributed by atoms with Gasteiger partial charge in [-0.05, 0) is 48.2 Å². The molecule has 2 aromatic carbocycles. The second-order valence-corrected chi connectivity index (χ2v) is 7.53. The minimum Gasteiger partial charge on any atom is -0.379 e. The van der Waals surface area contributed by atoms with Crippen molar-refractivity contribution < 1.29 is 9.53 Å². The molecular formula is C21H24Cl2N2O2. The van der Waals surface area contributed by atoms with E-state index in [-0.39, 0.29) is 5.91 Å². The molecule has 0 atom stereocenters. The molecule has 1 saturated heterocycles. The predicted molar refractivity (Wildman–Crippen MR) is 111 cm³/mol. The Balaban J connectivity index is 1.43. The van der Waals surface area contributed by atoms with E-state index in [2.05, 4.69) is 22.3 Å². The van der Waals surface area contributed by atoms with Crippen LogP contribution >= 0.6 is 23.2 Å². The third-order valence-corrected chi connectivity index (χ3v) is 5.28. The molecule has 0 unspecified atom stereocenters. The number of amides is 1. The lowest BCUT2D eigenvalue weighted by atomic mass is 10.1. The standard InChI is InChI=1S/C21H24Cl2N2O2/c22-18-5-3-17(20(23)15-18)4-8-21(26)24-19-6-1-16(2-7-19)9-10-25-11-13-27-14-12-25/h1-3,5-7,15H,4,8-14H2,(H,24,26). The molecule has 3 rings (SSSR count). The third-order valence-electron chi connectivity index (χ3n) is 4.69. The number of rotatable bonds is 7. The third kappa shape index (κ3) is 6.51. The van der Waals surface area contributed by atoms with Crippen LogP contribution in [0.2, 0.25) is 10.0 Å². The van der Waals surface area contributed by atoms with E-state index in [0.717, 1.165) is 50.5 Å². The van der Waals surface area contributed by atoms with Crippen LogP contribution in [0.4, 0.5) is 5.69 Å². The van der Waals surface area contributed by atoms with Crippen molar-refractivity contribution in [3.8, 4) is 0 Å². The highest BCUT2D eigenvalue weighted by atomic mass is 35.5. The molecule has 0 saturated carbocycles. The van der Waals surface area contributed by atoms with Gasteiger partial charge in [-0.3, -0.25) is 9.69 Å². The van der Waals surface area contributed by atoms with Crippen LogP contribution in [0.5, 0.6) is 0 Å². The Labute approximate surface area is 170 Å². The second kappa shape index (κ2) is 10.1. The maximum absolute atomic E-state index is 12.2. The highest BCUT2D eigenvalue weighted by Gasteiger charge is 2.10. The van der Waals surface area contributed by atoms with Crippen LogP contribution in [0.1, 0.15) is 17.5 Å². The van der Waals surface area contributed by atoms with Crippen molar-refractivity contribution in [3.63, 3.8) is 0 Å². The summed E-state index contributed by atoms with van der Waals surface area (Å²) in [5.41, 5.74) is 3.01. The van der Waals surface area contributed by atoms with Crippen LogP contribution in [0, 0.1) is 0 Å². The van der Waals surface area contributed by atoms with E-state index in [1.807, 2.05) is 18.2 Å². The fraction of sp³-hybridized carbons (Fsp3) is 0.381. The Kier molecular flexibility index (Phi) is 7.53. The normalized spacial score (nSPS) is 14.9. The van der Waals surface area contributed by atoms with Gasteiger partial charge in [0.1, 0.15) is 0 Å². The molecular weight excluding hydrogens is 383 g/mol. The van der Waals surface area contributed by atoms with Gasteiger partial charge in [0.2, 0.25) is 5.91 Å². The molecule has 1 fully saturated rings. The highest BCUT2D eigenvalue weighted by molar-refractivity contribution is 6.35. The van der Waals surface area contributed by atoms with Gasteiger partial charge in [0.15, 0.2) is 0 Å². The molecule has 0 radical (unpaired) electrons. The van der Waals surface area contributed by atoms with Crippen molar-refractivity contribution >= 4 is 34.8 Å². The Morgan fingerprint density at radius 1 is 1.04 bits per heavy atom. The fourth-order valence-corrected chi connectivity index (χ4v) is 3.57. The van der Waals surface area contributed by atoms with Crippen molar-refractivity contribution in [1.29, 1.82) is 0 Å². The number of morpholine rings is 1. The largest absolute Gasteiger partial charge is 0.379 e. The maximum atomic E-state index is 12.2. The quantitative estimate of drug-likeness (QED) is 0.738. The van der Waals surface area contributed by atoms with Crippen molar-refractivity contribution in [1.82, 2.24) is 4.90 Å². The summed E-state index contributed by atoms with van der Waals surface area (Å²) in [7, 11) is 0. The Morgan fingerprint density at radius 3 is 2.48 bits per heavy atom. The van der Waals surface area contributed by atoms with E-state index < -0.39 is 0 Å². The zero-order valence-electron chi connectivity index (χ0n) is 15.2. The molecule has 6 heteroatoms. The van der Waals surface area contributed by atoms with Gasteiger partial charge in [0, 0.05) is 41.8 Å². The zero-order chi connectivity index (χ0) is 19.1. The number of benzene rings is 2. The predicted octanol–water partition coefficient (Wildman–Crippen LogP) is 4.44. The van der Waals surface area contributed by atoms with Crippen molar-refractivity contribution in [2.45, 2.75) is 19.3 Å². The number of carbonyl (C=O) groups excluding carboxylic acids is 1. The summed E-state index contributed by atoms with van der Waals surface area (Å²) in [6, 6.07) is 13.4. The maximum Gasteiger partial charge on any atom is 0.224 e. The van der Waals surface area contributed by atoms with E-state index in [4.69, 9.17) is 27.9 Å². The molecule has 1 aliphatic rings. The Morgan fingerprint density at radius 2 is 1.78 bits per heavy atom. The number of halogens is 2. The lowest BCUT2D eigenvalue weighted by Crippen LogP contribution is -2.37. The average molecular weight is 407 g/mol. The summed E-state index contributed by atoms with van der Waals surface area (Å²) in [5, 5.41) is 4.14. The van der Waals surface area contributed by atoms with E-state index in [1.165, 1.54) is 5.56 Å². The van der Waals surface area contributed by atoms with Crippen LogP contribution in [0.15, 0.2) is 42.5 Å². The molecule has 2 aromatic rings. The van der Waals surface area contributed by atoms with Gasteiger partial charge in [-0.1, -0.05) is 41.4 Å². The topological polar surface area (TPSA) is 41.6 Å². The van der Waals surface area contributed by atoms with E-state index in [0.29, 0.717) is 22.9 Å². The molecule has 1 N–H and O–H groups in total. The van der Waals surface area contributed by atoms with E-state index in [9.17, 15) is 4.79 Å². The average Bonchev–Trinajstić information content (AvgIpc) is 2.67. The molecule has 0 aromatic heterocycles. The van der Waals surface area contributed by atoms with Gasteiger partial charge in [-0.25, -0.2) is 0 Å². The van der Waals surface area contributed by atoms with Gasteiger partial charge in [-0.15, -0.1) is 0 Å². The number of hydrogen-bond donors (Lipinski definition) is 1. The number of ether oxygens (including phenoxy) is 1. The fourth-order valence-electron chi connectivity index (χ4n) is 3.06. The Hall–Kier alpha value is -1.59. The van der Waals surface area contributed by atoms with Crippen LogP contribution in [-0.2, 0) is 22.4 Å². The first kappa shape index (κ1) is 20.2. The summed E-state index contributed by atoms with van der Waals surface area (Å²) < 4.78 is 5.37. The van der Waals surface area contributed by atoms with Crippen LogP contribution in [-0.4, -0.2) is 43.7 Å². The molecule has 4 nitrogen and oxygen atoms in total. The summed E-state index contributed by atoms with van der Waals surface area (Å²) in [6.07, 6.45) is 1.96. The smallest absolute Gasteiger partial charge is 0.224 e. The first-order valence-corrected chi connectivity index (χ1v) is 9.98. The Bertz CT molecular complexity index is 759. The van der Waals surface area contributed by atoms with E-state index in [1.54, 1.807) is 12.1 Å². The lowest BCUT2D eigenvalue weighted by molar-refractivity contribution is -0.116. The summed E-state index contributed by atoms with van der Waals surface area (Å²) in [5.74, 6) is -0.0258. The van der Waals surface area contributed by atoms with Crippen LogP contribution < -0.4 is 5.32 Å². The summed E-state index contributed by atoms with van der Waals surface area (Å²) in [4.78, 5) is 14.6. The first-order valence-electron chi connectivity index (χ1n) is 9.23. The molecule has 0 bridgehead atoms. The summed E-state index contributed by atoms with van der Waals surface area (Å²) >= 11 is 12.0. The van der Waals surface area contributed by atoms with Gasteiger partial charge in [0.25, 0.3) is 0 Å². The van der Waals surface area contributed by atoms with Gasteiger partial charge in [0.05, 0.1) is 13.2 Å². The number of carbonyl (C=O) groups is 1. The van der Waals surface area contributed by atoms with E-state index >= 15 is 0 Å². The number of hydrogen-bond acceptors (Lipinski definition) is 3. The SMILES string of the molecule is O=C(CCc1ccc(Cl)cc1Cl)Nc1ccc(CCN2CCOCC2)cc1. The molecule has 27 heavy (non-hydrogen) atoms. The minimum absolute atomic E-state index is 0.0258. The number of nitrogens with zero attached hydrogens (tertiary/aromatic N) is 1. The van der Waals surface area contributed by atoms with Crippen molar-refractivity contribution in [2.75, 3.05) is 38.2 Å². The molecule has 0 spiro atoms. The summed E-state index contributed by atoms with van der Waals surface area (Å²) in [6.45, 7) is 4.70. The number of anilines is 1. The molecule has 144 valence electrons. The van der Waals surface area contributed by atoms with Gasteiger partial charge < -0.3 is 10.1 Å². The van der Waals surface area contributed by atoms with Crippen LogP contribution in [0.25, 0.3) is 0 Å². The highest BCUT2D eigenvalue weighted by Crippen LogP contribution is 2.22. The zero-order valence-corrected chi connectivity index (χ0v) is 16.7. The van der Waals surface area contributed by atoms with Gasteiger partial charge >= 0.3 is 0 Å². The number of aryl methyl sites for hydroxylation is 1. The monoisotopic (exact) mass is 406 g/mol. The molecule has 1 heterocycles. The molecule has 1 amide bonds.